The molecule has 0 fully saturated rings. The van der Waals surface area contributed by atoms with Crippen molar-refractivity contribution in [1.29, 1.82) is 0 Å². The van der Waals surface area contributed by atoms with Gasteiger partial charge >= 0.3 is 18.2 Å². The fourth-order valence-electron chi connectivity index (χ4n) is 5.74. The van der Waals surface area contributed by atoms with E-state index in [0.717, 1.165) is 11.1 Å². The molecule has 3 aromatic carbocycles. The average molecular weight is 826 g/mol. The Bertz CT molecular complexity index is 1920. The van der Waals surface area contributed by atoms with Crippen LogP contribution in [0.4, 0.5) is 9.59 Å². The van der Waals surface area contributed by atoms with Crippen LogP contribution in [0.1, 0.15) is 83.9 Å². The zero-order chi connectivity index (χ0) is 44.1. The molecule has 14 heteroatoms. The smallest absolute Gasteiger partial charge is 0.408 e. The second-order valence-electron chi connectivity index (χ2n) is 16.1. The first-order valence-corrected chi connectivity index (χ1v) is 20.0. The van der Waals surface area contributed by atoms with Crippen LogP contribution < -0.4 is 26.6 Å². The Morgan fingerprint density at radius 3 is 1.53 bits per heavy atom. The molecule has 0 bridgehead atoms. The summed E-state index contributed by atoms with van der Waals surface area (Å²) in [7, 11) is 1.20. The molecule has 0 spiro atoms. The molecular weight excluding hydrogens is 767 g/mol. The summed E-state index contributed by atoms with van der Waals surface area (Å²) in [6.07, 6.45) is -0.326. The largest absolute Gasteiger partial charge is 0.467 e. The summed E-state index contributed by atoms with van der Waals surface area (Å²) in [6, 6.07) is 22.5. The van der Waals surface area contributed by atoms with Crippen LogP contribution >= 0.6 is 0 Å². The van der Waals surface area contributed by atoms with Gasteiger partial charge in [-0.15, -0.1) is 0 Å². The molecule has 60 heavy (non-hydrogen) atoms. The first-order valence-electron chi connectivity index (χ1n) is 20.0. The Morgan fingerprint density at radius 1 is 0.567 bits per heavy atom. The second kappa shape index (κ2) is 23.9. The van der Waals surface area contributed by atoms with Crippen LogP contribution in [0.15, 0.2) is 91.0 Å². The van der Waals surface area contributed by atoms with Crippen molar-refractivity contribution in [2.75, 3.05) is 13.7 Å². The van der Waals surface area contributed by atoms with Gasteiger partial charge in [0.15, 0.2) is 0 Å². The van der Waals surface area contributed by atoms with Gasteiger partial charge in [0.25, 0.3) is 0 Å². The minimum Gasteiger partial charge on any atom is -0.467 e. The zero-order valence-electron chi connectivity index (χ0n) is 35.6. The molecule has 0 radical (unpaired) electrons. The molecule has 0 aliphatic rings. The number of benzene rings is 3. The van der Waals surface area contributed by atoms with Gasteiger partial charge in [-0.3, -0.25) is 14.4 Å². The third kappa shape index (κ3) is 18.9. The molecule has 0 aliphatic heterocycles. The van der Waals surface area contributed by atoms with E-state index in [-0.39, 0.29) is 32.2 Å². The van der Waals surface area contributed by atoms with E-state index in [4.69, 9.17) is 14.2 Å². The van der Waals surface area contributed by atoms with Crippen molar-refractivity contribution in [2.45, 2.75) is 115 Å². The van der Waals surface area contributed by atoms with Crippen molar-refractivity contribution in [3.05, 3.63) is 108 Å². The van der Waals surface area contributed by atoms with E-state index in [9.17, 15) is 28.8 Å². The quantitative estimate of drug-likeness (QED) is 0.0501. The Hall–Kier alpha value is -6.36. The van der Waals surface area contributed by atoms with E-state index in [2.05, 4.69) is 38.4 Å². The molecule has 3 rings (SSSR count). The molecule has 0 aliphatic carbocycles. The van der Waals surface area contributed by atoms with E-state index in [1.807, 2.05) is 54.6 Å². The van der Waals surface area contributed by atoms with E-state index >= 15 is 0 Å². The zero-order valence-corrected chi connectivity index (χ0v) is 35.6. The van der Waals surface area contributed by atoms with Crippen LogP contribution in [-0.2, 0) is 46.2 Å². The number of rotatable bonds is 18. The number of alkyl carbamates (subject to hydrolysis) is 2. The van der Waals surface area contributed by atoms with Crippen molar-refractivity contribution < 1.29 is 43.0 Å². The van der Waals surface area contributed by atoms with Gasteiger partial charge in [0, 0.05) is 31.4 Å². The lowest BCUT2D eigenvalue weighted by molar-refractivity contribution is -0.145. The number of hydrogen-bond donors (Lipinski definition) is 5. The number of methoxy groups -OCH3 is 1. The Labute approximate surface area is 353 Å². The van der Waals surface area contributed by atoms with Gasteiger partial charge in [-0.25, -0.2) is 14.4 Å². The summed E-state index contributed by atoms with van der Waals surface area (Å²) < 4.78 is 15.7. The molecular formula is C46H59N5O9. The maximum atomic E-state index is 14.3. The highest BCUT2D eigenvalue weighted by Crippen LogP contribution is 2.12. The Balaban J connectivity index is 1.87. The lowest BCUT2D eigenvalue weighted by Gasteiger charge is -2.27. The molecule has 14 nitrogen and oxygen atoms in total. The standard InChI is InChI=1S/C46H59N5O9/c1-45(2,3)59-43(56)47-29-18-17-27-36(42(55)58-7)49-39(52)35(28-19-26-32-20-11-8-12-21-32)48-40(53)37(30-33-22-13-9-14-23-33)50-41(54)38(31-34-24-15-10-16-25-34)51-44(57)60-46(4,5)6/h8-16,20-25,35-38H,17-18,27-31H2,1-7H3,(H,47,56)(H,48,53)(H,49,52)(H,50,54)(H,51,57). The summed E-state index contributed by atoms with van der Waals surface area (Å²) in [5, 5.41) is 13.6. The summed E-state index contributed by atoms with van der Waals surface area (Å²) in [4.78, 5) is 80.2. The first-order chi connectivity index (χ1) is 28.4. The topological polar surface area (TPSA) is 190 Å². The molecule has 0 saturated carbocycles. The van der Waals surface area contributed by atoms with Crippen molar-refractivity contribution in [1.82, 2.24) is 26.6 Å². The van der Waals surface area contributed by atoms with Crippen molar-refractivity contribution in [2.24, 2.45) is 0 Å². The summed E-state index contributed by atoms with van der Waals surface area (Å²) in [6.45, 7) is 10.7. The van der Waals surface area contributed by atoms with E-state index in [0.29, 0.717) is 18.4 Å². The molecule has 4 atom stereocenters. The monoisotopic (exact) mass is 825 g/mol. The third-order valence-corrected chi connectivity index (χ3v) is 8.54. The maximum Gasteiger partial charge on any atom is 0.408 e. The van der Waals surface area contributed by atoms with Crippen LogP contribution in [0, 0.1) is 11.8 Å². The number of amides is 5. The fraction of sp³-hybridized carbons (Fsp3) is 0.435. The van der Waals surface area contributed by atoms with Gasteiger partial charge in [0.1, 0.15) is 35.4 Å². The molecule has 0 saturated heterocycles. The number of carbonyl (C=O) groups excluding carboxylic acids is 6. The van der Waals surface area contributed by atoms with Crippen molar-refractivity contribution >= 4 is 35.9 Å². The van der Waals surface area contributed by atoms with E-state index in [1.165, 1.54) is 7.11 Å². The van der Waals surface area contributed by atoms with E-state index in [1.54, 1.807) is 77.9 Å². The van der Waals surface area contributed by atoms with Crippen LogP contribution in [0.25, 0.3) is 0 Å². The SMILES string of the molecule is COC(=O)C(CCCCNC(=O)OC(C)(C)C)NC(=O)C(CC#Cc1ccccc1)NC(=O)C(Cc1ccccc1)NC(=O)C(Cc1ccccc1)NC(=O)OC(C)(C)C. The average Bonchev–Trinajstić information content (AvgIpc) is 3.18. The van der Waals surface area contributed by atoms with Gasteiger partial charge in [0.05, 0.1) is 7.11 Å². The van der Waals surface area contributed by atoms with Crippen LogP contribution in [0.3, 0.4) is 0 Å². The molecule has 5 amide bonds. The third-order valence-electron chi connectivity index (χ3n) is 8.54. The normalized spacial score (nSPS) is 13.1. The Kier molecular flexibility index (Phi) is 19.1. The molecule has 322 valence electrons. The number of unbranched alkanes of at least 4 members (excludes halogenated alkanes) is 1. The summed E-state index contributed by atoms with van der Waals surface area (Å²) >= 11 is 0. The van der Waals surface area contributed by atoms with Gasteiger partial charge in [-0.1, -0.05) is 90.7 Å². The molecule has 0 aromatic heterocycles. The minimum atomic E-state index is -1.27. The number of carbonyl (C=O) groups is 6. The predicted molar refractivity (Wildman–Crippen MR) is 227 cm³/mol. The van der Waals surface area contributed by atoms with Gasteiger partial charge in [0.2, 0.25) is 17.7 Å². The molecule has 5 N–H and O–H groups in total. The molecule has 4 unspecified atom stereocenters. The lowest BCUT2D eigenvalue weighted by atomic mass is 10.0. The predicted octanol–water partition coefficient (Wildman–Crippen LogP) is 5.13. The van der Waals surface area contributed by atoms with Crippen LogP contribution in [-0.4, -0.2) is 84.9 Å². The number of nitrogens with one attached hydrogen (secondary N) is 5. The van der Waals surface area contributed by atoms with Gasteiger partial charge < -0.3 is 40.8 Å². The van der Waals surface area contributed by atoms with Crippen LogP contribution in [0.2, 0.25) is 0 Å². The Morgan fingerprint density at radius 2 is 1.02 bits per heavy atom. The molecule has 0 heterocycles. The van der Waals surface area contributed by atoms with E-state index < -0.39 is 71.2 Å². The summed E-state index contributed by atoms with van der Waals surface area (Å²) in [5.41, 5.74) is 0.670. The lowest BCUT2D eigenvalue weighted by Crippen LogP contribution is -2.58. The maximum absolute atomic E-state index is 14.3. The first kappa shape index (κ1) is 48.0. The van der Waals surface area contributed by atoms with Crippen molar-refractivity contribution in [3.8, 4) is 11.8 Å². The molecule has 3 aromatic rings. The highest BCUT2D eigenvalue weighted by atomic mass is 16.6. The second-order valence-corrected chi connectivity index (χ2v) is 16.1. The van der Waals surface area contributed by atoms with Gasteiger partial charge in [-0.2, -0.15) is 0 Å². The highest BCUT2D eigenvalue weighted by Gasteiger charge is 2.32. The number of hydrogen-bond acceptors (Lipinski definition) is 9. The number of ether oxygens (including phenoxy) is 3. The van der Waals surface area contributed by atoms with Crippen LogP contribution in [0.5, 0.6) is 0 Å². The fourth-order valence-corrected chi connectivity index (χ4v) is 5.74. The minimum absolute atomic E-state index is 0.0368. The van der Waals surface area contributed by atoms with Crippen molar-refractivity contribution in [3.63, 3.8) is 0 Å². The highest BCUT2D eigenvalue weighted by molar-refractivity contribution is 5.95. The summed E-state index contributed by atoms with van der Waals surface area (Å²) in [5.74, 6) is 3.21. The number of esters is 1. The van der Waals surface area contributed by atoms with Gasteiger partial charge in [-0.05, 0) is 84.1 Å².